The van der Waals surface area contributed by atoms with Crippen LogP contribution in [-0.4, -0.2) is 11.9 Å². The fourth-order valence-electron chi connectivity index (χ4n) is 1.91. The van der Waals surface area contributed by atoms with Crippen molar-refractivity contribution in [2.24, 2.45) is 0 Å². The Labute approximate surface area is 125 Å². The zero-order valence-corrected chi connectivity index (χ0v) is 12.6. The number of carbonyl (C=O) groups excluding carboxylic acids is 1. The smallest absolute Gasteiger partial charge is 0.159 e. The van der Waals surface area contributed by atoms with Crippen LogP contribution >= 0.6 is 0 Å². The second kappa shape index (κ2) is 6.93. The van der Waals surface area contributed by atoms with Crippen molar-refractivity contribution in [3.05, 3.63) is 59.7 Å². The van der Waals surface area contributed by atoms with Gasteiger partial charge in [0.2, 0.25) is 0 Å². The van der Waals surface area contributed by atoms with Crippen molar-refractivity contribution < 1.29 is 14.3 Å². The van der Waals surface area contributed by atoms with Crippen molar-refractivity contribution in [2.75, 3.05) is 0 Å². The minimum atomic E-state index is 0.0376. The van der Waals surface area contributed by atoms with Gasteiger partial charge in [-0.3, -0.25) is 4.79 Å². The number of ketones is 1. The highest BCUT2D eigenvalue weighted by Crippen LogP contribution is 2.18. The summed E-state index contributed by atoms with van der Waals surface area (Å²) in [6.07, 6.45) is 0.168. The molecule has 2 aromatic carbocycles. The highest BCUT2D eigenvalue weighted by Gasteiger charge is 2.02. The van der Waals surface area contributed by atoms with E-state index in [-0.39, 0.29) is 11.9 Å². The number of hydrogen-bond acceptors (Lipinski definition) is 3. The molecule has 3 heteroatoms. The van der Waals surface area contributed by atoms with Crippen molar-refractivity contribution in [2.45, 2.75) is 33.5 Å². The first-order chi connectivity index (χ1) is 10.0. The van der Waals surface area contributed by atoms with Crippen LogP contribution in [0.2, 0.25) is 0 Å². The van der Waals surface area contributed by atoms with Gasteiger partial charge >= 0.3 is 0 Å². The maximum absolute atomic E-state index is 11.3. The Morgan fingerprint density at radius 3 is 2.38 bits per heavy atom. The van der Waals surface area contributed by atoms with Crippen molar-refractivity contribution in [1.82, 2.24) is 0 Å². The van der Waals surface area contributed by atoms with Crippen molar-refractivity contribution >= 4 is 5.78 Å². The molecule has 0 heterocycles. The topological polar surface area (TPSA) is 35.5 Å². The minimum absolute atomic E-state index is 0.0376. The molecular weight excluding hydrogens is 264 g/mol. The van der Waals surface area contributed by atoms with Gasteiger partial charge in [-0.05, 0) is 50.6 Å². The van der Waals surface area contributed by atoms with E-state index in [0.29, 0.717) is 17.9 Å². The van der Waals surface area contributed by atoms with Gasteiger partial charge in [0.1, 0.15) is 18.1 Å². The van der Waals surface area contributed by atoms with Gasteiger partial charge in [0.25, 0.3) is 0 Å². The van der Waals surface area contributed by atoms with Gasteiger partial charge in [0, 0.05) is 5.56 Å². The Bertz CT molecular complexity index is 600. The second-order valence-corrected chi connectivity index (χ2v) is 5.18. The summed E-state index contributed by atoms with van der Waals surface area (Å²) >= 11 is 0. The summed E-state index contributed by atoms with van der Waals surface area (Å²) < 4.78 is 11.3. The lowest BCUT2D eigenvalue weighted by atomic mass is 10.1. The first-order valence-electron chi connectivity index (χ1n) is 7.04. The molecule has 0 amide bonds. The average Bonchev–Trinajstić information content (AvgIpc) is 2.46. The molecule has 0 aliphatic rings. The minimum Gasteiger partial charge on any atom is -0.491 e. The highest BCUT2D eigenvalue weighted by atomic mass is 16.5. The third-order valence-corrected chi connectivity index (χ3v) is 2.94. The van der Waals surface area contributed by atoms with Crippen LogP contribution in [0.15, 0.2) is 48.5 Å². The number of hydrogen-bond donors (Lipinski definition) is 0. The van der Waals surface area contributed by atoms with Gasteiger partial charge in [-0.25, -0.2) is 0 Å². The second-order valence-electron chi connectivity index (χ2n) is 5.18. The fraction of sp³-hybridized carbons (Fsp3) is 0.278. The van der Waals surface area contributed by atoms with Crippen LogP contribution in [-0.2, 0) is 6.61 Å². The quantitative estimate of drug-likeness (QED) is 0.744. The summed E-state index contributed by atoms with van der Waals surface area (Å²) in [5.74, 6) is 1.59. The molecule has 110 valence electrons. The Morgan fingerprint density at radius 2 is 1.76 bits per heavy atom. The van der Waals surface area contributed by atoms with E-state index in [4.69, 9.17) is 9.47 Å². The number of benzene rings is 2. The summed E-state index contributed by atoms with van der Waals surface area (Å²) in [5.41, 5.74) is 1.72. The summed E-state index contributed by atoms with van der Waals surface area (Å²) in [6.45, 7) is 6.01. The van der Waals surface area contributed by atoms with E-state index < -0.39 is 0 Å². The molecule has 0 saturated heterocycles. The summed E-state index contributed by atoms with van der Waals surface area (Å²) in [5, 5.41) is 0. The number of ether oxygens (including phenoxy) is 2. The molecule has 0 spiro atoms. The largest absolute Gasteiger partial charge is 0.491 e. The molecule has 3 nitrogen and oxygen atoms in total. The lowest BCUT2D eigenvalue weighted by Gasteiger charge is -2.11. The normalized spacial score (nSPS) is 10.5. The zero-order chi connectivity index (χ0) is 15.2. The molecule has 21 heavy (non-hydrogen) atoms. The van der Waals surface area contributed by atoms with Gasteiger partial charge in [0.15, 0.2) is 5.78 Å². The number of Topliss-reactive ketones (excluding diaryl/α,β-unsaturated/α-hetero) is 1. The van der Waals surface area contributed by atoms with Crippen LogP contribution in [0.25, 0.3) is 0 Å². The number of carbonyl (C=O) groups is 1. The molecular formula is C18H20O3. The highest BCUT2D eigenvalue weighted by molar-refractivity contribution is 5.94. The first-order valence-corrected chi connectivity index (χ1v) is 7.04. The lowest BCUT2D eigenvalue weighted by molar-refractivity contribution is 0.101. The van der Waals surface area contributed by atoms with Crippen LogP contribution in [0.5, 0.6) is 11.5 Å². The molecule has 0 aliphatic carbocycles. The van der Waals surface area contributed by atoms with Gasteiger partial charge in [-0.2, -0.15) is 0 Å². The number of rotatable bonds is 6. The monoisotopic (exact) mass is 284 g/mol. The van der Waals surface area contributed by atoms with Crippen LogP contribution in [0, 0.1) is 0 Å². The van der Waals surface area contributed by atoms with E-state index in [1.165, 1.54) is 0 Å². The summed E-state index contributed by atoms with van der Waals surface area (Å²) in [7, 11) is 0. The van der Waals surface area contributed by atoms with Gasteiger partial charge in [-0.15, -0.1) is 0 Å². The Hall–Kier alpha value is -2.29. The molecule has 0 fully saturated rings. The molecule has 0 aliphatic heterocycles. The van der Waals surface area contributed by atoms with Crippen molar-refractivity contribution in [1.29, 1.82) is 0 Å². The van der Waals surface area contributed by atoms with Gasteiger partial charge in [0.05, 0.1) is 6.10 Å². The predicted octanol–water partition coefficient (Wildman–Crippen LogP) is 4.26. The molecule has 2 rings (SSSR count). The SMILES string of the molecule is CC(=O)c1cccc(OCc2ccc(OC(C)C)cc2)c1. The Kier molecular flexibility index (Phi) is 4.99. The molecule has 0 aromatic heterocycles. The molecule has 0 radical (unpaired) electrons. The van der Waals surface area contributed by atoms with E-state index in [1.54, 1.807) is 19.1 Å². The third-order valence-electron chi connectivity index (χ3n) is 2.94. The van der Waals surface area contributed by atoms with Crippen LogP contribution < -0.4 is 9.47 Å². The average molecular weight is 284 g/mol. The van der Waals surface area contributed by atoms with E-state index in [0.717, 1.165) is 11.3 Å². The van der Waals surface area contributed by atoms with E-state index in [1.807, 2.05) is 50.2 Å². The fourth-order valence-corrected chi connectivity index (χ4v) is 1.91. The van der Waals surface area contributed by atoms with Crippen LogP contribution in [0.4, 0.5) is 0 Å². The van der Waals surface area contributed by atoms with Crippen molar-refractivity contribution in [3.63, 3.8) is 0 Å². The molecule has 0 bridgehead atoms. The third kappa shape index (κ3) is 4.63. The van der Waals surface area contributed by atoms with E-state index in [9.17, 15) is 4.79 Å². The van der Waals surface area contributed by atoms with Crippen LogP contribution in [0.3, 0.4) is 0 Å². The maximum Gasteiger partial charge on any atom is 0.159 e. The van der Waals surface area contributed by atoms with Crippen molar-refractivity contribution in [3.8, 4) is 11.5 Å². The molecule has 0 saturated carbocycles. The van der Waals surface area contributed by atoms with E-state index in [2.05, 4.69) is 0 Å². The lowest BCUT2D eigenvalue weighted by Crippen LogP contribution is -2.05. The van der Waals surface area contributed by atoms with Gasteiger partial charge in [-0.1, -0.05) is 24.3 Å². The first kappa shape index (κ1) is 15.1. The molecule has 0 N–H and O–H groups in total. The van der Waals surface area contributed by atoms with E-state index >= 15 is 0 Å². The standard InChI is InChI=1S/C18H20O3/c1-13(2)21-17-9-7-15(8-10-17)12-20-18-6-4-5-16(11-18)14(3)19/h4-11,13H,12H2,1-3H3. The summed E-state index contributed by atoms with van der Waals surface area (Å²) in [6, 6.07) is 15.1. The predicted molar refractivity (Wildman–Crippen MR) is 83.0 cm³/mol. The Balaban J connectivity index is 1.96. The molecule has 0 unspecified atom stereocenters. The molecule has 2 aromatic rings. The summed E-state index contributed by atoms with van der Waals surface area (Å²) in [4.78, 5) is 11.3. The van der Waals surface area contributed by atoms with Crippen LogP contribution in [0.1, 0.15) is 36.7 Å². The molecule has 0 atom stereocenters. The maximum atomic E-state index is 11.3. The van der Waals surface area contributed by atoms with Gasteiger partial charge < -0.3 is 9.47 Å². The zero-order valence-electron chi connectivity index (χ0n) is 12.6. The Morgan fingerprint density at radius 1 is 1.05 bits per heavy atom.